The van der Waals surface area contributed by atoms with E-state index in [2.05, 4.69) is 21.6 Å². The molecule has 0 atom stereocenters. The van der Waals surface area contributed by atoms with Crippen LogP contribution in [0.1, 0.15) is 25.6 Å². The molecule has 1 aromatic heterocycles. The number of rotatable bonds is 7. The van der Waals surface area contributed by atoms with Gasteiger partial charge in [0.05, 0.1) is 6.61 Å². The maximum absolute atomic E-state index is 4.93. The highest BCUT2D eigenvalue weighted by molar-refractivity contribution is 7.09. The SMILES string of the molecule is CCCCc1nsc(NCCOC)n1. The van der Waals surface area contributed by atoms with E-state index in [1.807, 2.05) is 0 Å². The van der Waals surface area contributed by atoms with Crippen molar-refractivity contribution in [2.75, 3.05) is 25.6 Å². The smallest absolute Gasteiger partial charge is 0.202 e. The average Bonchev–Trinajstić information content (AvgIpc) is 2.63. The van der Waals surface area contributed by atoms with E-state index in [0.717, 1.165) is 30.3 Å². The Morgan fingerprint density at radius 2 is 2.36 bits per heavy atom. The van der Waals surface area contributed by atoms with Crippen LogP contribution < -0.4 is 5.32 Å². The number of methoxy groups -OCH3 is 1. The molecule has 4 nitrogen and oxygen atoms in total. The van der Waals surface area contributed by atoms with Crippen LogP contribution in [-0.2, 0) is 11.2 Å². The van der Waals surface area contributed by atoms with Crippen LogP contribution in [0.3, 0.4) is 0 Å². The minimum Gasteiger partial charge on any atom is -0.383 e. The van der Waals surface area contributed by atoms with E-state index in [1.165, 1.54) is 18.0 Å². The molecule has 0 radical (unpaired) electrons. The topological polar surface area (TPSA) is 47.0 Å². The van der Waals surface area contributed by atoms with Gasteiger partial charge in [0.25, 0.3) is 0 Å². The molecular formula is C9H17N3OS. The van der Waals surface area contributed by atoms with Crippen molar-refractivity contribution in [3.8, 4) is 0 Å². The number of nitrogens with zero attached hydrogens (tertiary/aromatic N) is 2. The normalized spacial score (nSPS) is 10.4. The Morgan fingerprint density at radius 3 is 3.07 bits per heavy atom. The molecule has 1 aromatic rings. The van der Waals surface area contributed by atoms with Crippen LogP contribution in [0.15, 0.2) is 0 Å². The Balaban J connectivity index is 2.27. The highest BCUT2D eigenvalue weighted by Crippen LogP contribution is 2.11. The number of aryl methyl sites for hydroxylation is 1. The third-order valence-corrected chi connectivity index (χ3v) is 2.52. The first-order chi connectivity index (χ1) is 6.86. The molecule has 0 fully saturated rings. The number of ether oxygens (including phenoxy) is 1. The Bertz CT molecular complexity index is 252. The summed E-state index contributed by atoms with van der Waals surface area (Å²) in [4.78, 5) is 4.36. The van der Waals surface area contributed by atoms with E-state index in [0.29, 0.717) is 6.61 Å². The average molecular weight is 215 g/mol. The number of hydrogen-bond donors (Lipinski definition) is 1. The van der Waals surface area contributed by atoms with Crippen molar-refractivity contribution >= 4 is 16.7 Å². The number of unbranched alkanes of at least 4 members (excludes halogenated alkanes) is 1. The molecule has 1 heterocycles. The summed E-state index contributed by atoms with van der Waals surface area (Å²) < 4.78 is 9.19. The zero-order valence-corrected chi connectivity index (χ0v) is 9.56. The van der Waals surface area contributed by atoms with Gasteiger partial charge in [0.2, 0.25) is 5.13 Å². The van der Waals surface area contributed by atoms with Crippen molar-refractivity contribution in [3.05, 3.63) is 5.82 Å². The molecule has 0 saturated carbocycles. The van der Waals surface area contributed by atoms with E-state index in [4.69, 9.17) is 4.74 Å². The lowest BCUT2D eigenvalue weighted by molar-refractivity contribution is 0.211. The summed E-state index contributed by atoms with van der Waals surface area (Å²) in [6.45, 7) is 3.66. The van der Waals surface area contributed by atoms with Gasteiger partial charge in [-0.15, -0.1) is 0 Å². The number of aromatic nitrogens is 2. The fraction of sp³-hybridized carbons (Fsp3) is 0.778. The standard InChI is InChI=1S/C9H17N3OS/c1-3-4-5-8-11-9(14-12-8)10-6-7-13-2/h3-7H2,1-2H3,(H,10,11,12). The van der Waals surface area contributed by atoms with Crippen molar-refractivity contribution in [3.63, 3.8) is 0 Å². The summed E-state index contributed by atoms with van der Waals surface area (Å²) in [6.07, 6.45) is 3.33. The van der Waals surface area contributed by atoms with Crippen molar-refractivity contribution in [1.29, 1.82) is 0 Å². The Kier molecular flexibility index (Phi) is 5.47. The van der Waals surface area contributed by atoms with E-state index in [1.54, 1.807) is 7.11 Å². The minimum absolute atomic E-state index is 0.698. The largest absolute Gasteiger partial charge is 0.383 e. The molecule has 0 aromatic carbocycles. The summed E-state index contributed by atoms with van der Waals surface area (Å²) >= 11 is 1.42. The predicted molar refractivity (Wildman–Crippen MR) is 58.9 cm³/mol. The lowest BCUT2D eigenvalue weighted by atomic mass is 10.2. The molecule has 0 aliphatic rings. The second-order valence-corrected chi connectivity index (χ2v) is 3.79. The van der Waals surface area contributed by atoms with Gasteiger partial charge in [-0.3, -0.25) is 0 Å². The van der Waals surface area contributed by atoms with Gasteiger partial charge >= 0.3 is 0 Å². The molecule has 0 spiro atoms. The quantitative estimate of drug-likeness (QED) is 0.706. The summed E-state index contributed by atoms with van der Waals surface area (Å²) in [6, 6.07) is 0. The van der Waals surface area contributed by atoms with Gasteiger partial charge in [-0.05, 0) is 6.42 Å². The third-order valence-electron chi connectivity index (χ3n) is 1.80. The monoisotopic (exact) mass is 215 g/mol. The number of hydrogen-bond acceptors (Lipinski definition) is 5. The van der Waals surface area contributed by atoms with Gasteiger partial charge in [-0.1, -0.05) is 13.3 Å². The summed E-state index contributed by atoms with van der Waals surface area (Å²) in [5, 5.41) is 4.06. The van der Waals surface area contributed by atoms with E-state index >= 15 is 0 Å². The fourth-order valence-electron chi connectivity index (χ4n) is 1.02. The molecule has 0 bridgehead atoms. The van der Waals surface area contributed by atoms with Crippen LogP contribution in [0.2, 0.25) is 0 Å². The molecule has 0 aliphatic heterocycles. The number of anilines is 1. The van der Waals surface area contributed by atoms with Crippen LogP contribution in [0.5, 0.6) is 0 Å². The van der Waals surface area contributed by atoms with Gasteiger partial charge in [-0.2, -0.15) is 4.37 Å². The third kappa shape index (κ3) is 4.02. The van der Waals surface area contributed by atoms with Crippen molar-refractivity contribution < 1.29 is 4.74 Å². The maximum Gasteiger partial charge on any atom is 0.202 e. The van der Waals surface area contributed by atoms with Gasteiger partial charge < -0.3 is 10.1 Å². The summed E-state index contributed by atoms with van der Waals surface area (Å²) in [5.41, 5.74) is 0. The van der Waals surface area contributed by atoms with Gasteiger partial charge in [0.15, 0.2) is 0 Å². The maximum atomic E-state index is 4.93. The molecule has 0 aliphatic carbocycles. The minimum atomic E-state index is 0.698. The molecular weight excluding hydrogens is 198 g/mol. The van der Waals surface area contributed by atoms with Crippen LogP contribution >= 0.6 is 11.5 Å². The van der Waals surface area contributed by atoms with E-state index in [9.17, 15) is 0 Å². The first-order valence-electron chi connectivity index (χ1n) is 4.92. The van der Waals surface area contributed by atoms with Gasteiger partial charge in [0.1, 0.15) is 5.82 Å². The van der Waals surface area contributed by atoms with Crippen LogP contribution in [0.4, 0.5) is 5.13 Å². The van der Waals surface area contributed by atoms with Gasteiger partial charge in [0, 0.05) is 31.6 Å². The second kappa shape index (κ2) is 6.73. The van der Waals surface area contributed by atoms with Crippen LogP contribution in [0.25, 0.3) is 0 Å². The second-order valence-electron chi connectivity index (χ2n) is 3.04. The van der Waals surface area contributed by atoms with E-state index in [-0.39, 0.29) is 0 Å². The zero-order chi connectivity index (χ0) is 10.2. The molecule has 5 heteroatoms. The molecule has 0 amide bonds. The van der Waals surface area contributed by atoms with Crippen LogP contribution in [-0.4, -0.2) is 29.6 Å². The van der Waals surface area contributed by atoms with Crippen molar-refractivity contribution in [2.45, 2.75) is 26.2 Å². The van der Waals surface area contributed by atoms with Crippen LogP contribution in [0, 0.1) is 0 Å². The van der Waals surface area contributed by atoms with E-state index < -0.39 is 0 Å². The molecule has 0 saturated heterocycles. The summed E-state index contributed by atoms with van der Waals surface area (Å²) in [5.74, 6) is 0.955. The Labute approximate surface area is 88.9 Å². The highest BCUT2D eigenvalue weighted by atomic mass is 32.1. The summed E-state index contributed by atoms with van der Waals surface area (Å²) in [7, 11) is 1.69. The number of nitrogens with one attached hydrogen (secondary N) is 1. The molecule has 0 unspecified atom stereocenters. The lowest BCUT2D eigenvalue weighted by Crippen LogP contribution is -2.07. The van der Waals surface area contributed by atoms with Crippen molar-refractivity contribution in [1.82, 2.24) is 9.36 Å². The highest BCUT2D eigenvalue weighted by Gasteiger charge is 2.01. The zero-order valence-electron chi connectivity index (χ0n) is 8.75. The molecule has 14 heavy (non-hydrogen) atoms. The Morgan fingerprint density at radius 1 is 1.50 bits per heavy atom. The molecule has 1 N–H and O–H groups in total. The first kappa shape index (κ1) is 11.4. The lowest BCUT2D eigenvalue weighted by Gasteiger charge is -1.98. The first-order valence-corrected chi connectivity index (χ1v) is 5.69. The van der Waals surface area contributed by atoms with Crippen molar-refractivity contribution in [2.24, 2.45) is 0 Å². The van der Waals surface area contributed by atoms with Gasteiger partial charge in [-0.25, -0.2) is 4.98 Å². The Hall–Kier alpha value is -0.680. The predicted octanol–water partition coefficient (Wildman–Crippen LogP) is 1.94. The molecule has 1 rings (SSSR count). The fourth-order valence-corrected chi connectivity index (χ4v) is 1.66. The molecule has 80 valence electrons.